The predicted octanol–water partition coefficient (Wildman–Crippen LogP) is 2.21. The molecule has 0 spiro atoms. The number of hydrogen-bond donors (Lipinski definition) is 0. The fourth-order valence-electron chi connectivity index (χ4n) is 0.780. The van der Waals surface area contributed by atoms with Crippen molar-refractivity contribution >= 4 is 11.8 Å². The van der Waals surface area contributed by atoms with Gasteiger partial charge in [0, 0.05) is 5.56 Å². The lowest BCUT2D eigenvalue weighted by molar-refractivity contribution is 0.100. The van der Waals surface area contributed by atoms with Crippen molar-refractivity contribution in [1.29, 1.82) is 0 Å². The third-order valence-electron chi connectivity index (χ3n) is 1.39. The van der Waals surface area contributed by atoms with Crippen LogP contribution in [-0.2, 0) is 0 Å². The molecule has 1 amide bonds. The second kappa shape index (κ2) is 4.33. The summed E-state index contributed by atoms with van der Waals surface area (Å²) >= 11 is 0. The highest BCUT2D eigenvalue weighted by Gasteiger charge is 2.01. The van der Waals surface area contributed by atoms with Gasteiger partial charge in [-0.15, -0.1) is 0 Å². The minimum Gasteiger partial charge on any atom is -0.266 e. The fourth-order valence-corrected chi connectivity index (χ4v) is 0.780. The van der Waals surface area contributed by atoms with E-state index in [0.29, 0.717) is 5.56 Å². The standard InChI is InChI=1S/C10H8FNO/c1-2-7-12-10(13)8-3-5-9(11)6-4-8/h2-6H,1H3. The molecule has 66 valence electrons. The minimum absolute atomic E-state index is 0.357. The van der Waals surface area contributed by atoms with Crippen LogP contribution < -0.4 is 0 Å². The van der Waals surface area contributed by atoms with E-state index in [9.17, 15) is 9.18 Å². The Morgan fingerprint density at radius 3 is 2.62 bits per heavy atom. The average molecular weight is 177 g/mol. The van der Waals surface area contributed by atoms with E-state index in [4.69, 9.17) is 0 Å². The van der Waals surface area contributed by atoms with Crippen LogP contribution in [0.2, 0.25) is 0 Å². The molecule has 0 aliphatic rings. The third-order valence-corrected chi connectivity index (χ3v) is 1.39. The topological polar surface area (TPSA) is 29.4 Å². The van der Waals surface area contributed by atoms with Gasteiger partial charge in [0.05, 0.1) is 0 Å². The highest BCUT2D eigenvalue weighted by molar-refractivity contribution is 5.98. The maximum Gasteiger partial charge on any atom is 0.285 e. The molecule has 0 saturated heterocycles. The summed E-state index contributed by atoms with van der Waals surface area (Å²) in [4.78, 5) is 14.6. The largest absolute Gasteiger partial charge is 0.285 e. The number of carbonyl (C=O) groups is 1. The van der Waals surface area contributed by atoms with Gasteiger partial charge in [0.1, 0.15) is 5.82 Å². The van der Waals surface area contributed by atoms with Crippen LogP contribution >= 0.6 is 0 Å². The van der Waals surface area contributed by atoms with Crippen molar-refractivity contribution in [2.45, 2.75) is 6.92 Å². The molecule has 0 bridgehead atoms. The van der Waals surface area contributed by atoms with Gasteiger partial charge in [0.25, 0.3) is 5.91 Å². The number of nitrogens with zero attached hydrogens (tertiary/aromatic N) is 1. The molecule has 0 heterocycles. The van der Waals surface area contributed by atoms with Gasteiger partial charge in [-0.3, -0.25) is 4.79 Å². The van der Waals surface area contributed by atoms with Crippen LogP contribution in [0, 0.1) is 5.82 Å². The van der Waals surface area contributed by atoms with Gasteiger partial charge in [0.15, 0.2) is 0 Å². The van der Waals surface area contributed by atoms with Gasteiger partial charge in [-0.2, -0.15) is 4.99 Å². The first kappa shape index (κ1) is 9.36. The average Bonchev–Trinajstić information content (AvgIpc) is 2.15. The van der Waals surface area contributed by atoms with Gasteiger partial charge in [-0.05, 0) is 43.1 Å². The fraction of sp³-hybridized carbons (Fsp3) is 0.100. The Labute approximate surface area is 75.4 Å². The quantitative estimate of drug-likeness (QED) is 0.605. The summed E-state index contributed by atoms with van der Waals surface area (Å²) < 4.78 is 12.4. The van der Waals surface area contributed by atoms with Gasteiger partial charge in [0.2, 0.25) is 0 Å². The van der Waals surface area contributed by atoms with Crippen LogP contribution in [0.4, 0.5) is 4.39 Å². The number of benzene rings is 1. The van der Waals surface area contributed by atoms with Crippen molar-refractivity contribution in [2.75, 3.05) is 0 Å². The summed E-state index contributed by atoms with van der Waals surface area (Å²) in [7, 11) is 0. The molecular formula is C10H8FNO. The Morgan fingerprint density at radius 2 is 2.08 bits per heavy atom. The van der Waals surface area contributed by atoms with E-state index in [-0.39, 0.29) is 5.82 Å². The summed E-state index contributed by atoms with van der Waals surface area (Å²) in [5.41, 5.74) is 0.357. The first-order chi connectivity index (χ1) is 6.24. The first-order valence-electron chi connectivity index (χ1n) is 3.78. The van der Waals surface area contributed by atoms with Crippen molar-refractivity contribution in [2.24, 2.45) is 4.99 Å². The number of carbonyl (C=O) groups excluding carboxylic acids is 1. The Bertz CT molecular complexity index is 361. The molecule has 0 atom stereocenters. The highest BCUT2D eigenvalue weighted by Crippen LogP contribution is 2.03. The van der Waals surface area contributed by atoms with Crippen LogP contribution in [-0.4, -0.2) is 11.8 Å². The summed E-state index contributed by atoms with van der Waals surface area (Å²) in [5.74, 6) is 1.63. The molecule has 1 aromatic rings. The zero-order valence-electron chi connectivity index (χ0n) is 7.12. The smallest absolute Gasteiger partial charge is 0.266 e. The monoisotopic (exact) mass is 177 g/mol. The number of halogens is 1. The molecule has 0 unspecified atom stereocenters. The molecular weight excluding hydrogens is 169 g/mol. The van der Waals surface area contributed by atoms with Gasteiger partial charge >= 0.3 is 0 Å². The van der Waals surface area contributed by atoms with Gasteiger partial charge in [-0.1, -0.05) is 0 Å². The van der Waals surface area contributed by atoms with Crippen molar-refractivity contribution in [1.82, 2.24) is 0 Å². The summed E-state index contributed by atoms with van der Waals surface area (Å²) in [6, 6.07) is 5.22. The molecule has 0 aliphatic carbocycles. The van der Waals surface area contributed by atoms with E-state index in [1.165, 1.54) is 30.3 Å². The van der Waals surface area contributed by atoms with E-state index < -0.39 is 5.91 Å². The molecule has 13 heavy (non-hydrogen) atoms. The number of amides is 1. The summed E-state index contributed by atoms with van der Waals surface area (Å²) in [6.07, 6.45) is 1.53. The zero-order valence-corrected chi connectivity index (χ0v) is 7.12. The second-order valence-electron chi connectivity index (χ2n) is 2.34. The molecule has 1 rings (SSSR count). The maximum atomic E-state index is 12.4. The SMILES string of the molecule is CC=C=NC(=O)c1ccc(F)cc1. The Kier molecular flexibility index (Phi) is 3.12. The summed E-state index contributed by atoms with van der Waals surface area (Å²) in [5, 5.41) is 0. The van der Waals surface area contributed by atoms with Gasteiger partial charge in [-0.25, -0.2) is 4.39 Å². The number of allylic oxidation sites excluding steroid dienone is 1. The summed E-state index contributed by atoms with van der Waals surface area (Å²) in [6.45, 7) is 1.71. The van der Waals surface area contributed by atoms with E-state index in [2.05, 4.69) is 10.9 Å². The molecule has 1 aromatic carbocycles. The van der Waals surface area contributed by atoms with Crippen LogP contribution in [0.3, 0.4) is 0 Å². The molecule has 0 aromatic heterocycles. The molecule has 0 radical (unpaired) electrons. The number of rotatable bonds is 1. The second-order valence-corrected chi connectivity index (χ2v) is 2.34. The Balaban J connectivity index is 2.90. The van der Waals surface area contributed by atoms with Crippen LogP contribution in [0.1, 0.15) is 17.3 Å². The first-order valence-corrected chi connectivity index (χ1v) is 3.78. The van der Waals surface area contributed by atoms with Crippen LogP contribution in [0.5, 0.6) is 0 Å². The molecule has 2 nitrogen and oxygen atoms in total. The lowest BCUT2D eigenvalue weighted by Gasteiger charge is -1.92. The predicted molar refractivity (Wildman–Crippen MR) is 48.4 cm³/mol. The van der Waals surface area contributed by atoms with E-state index in [1.54, 1.807) is 6.92 Å². The van der Waals surface area contributed by atoms with Crippen molar-refractivity contribution in [3.05, 3.63) is 41.7 Å². The number of aliphatic imine (C=N–C) groups is 1. The third kappa shape index (κ3) is 2.65. The molecule has 0 N–H and O–H groups in total. The molecule has 0 fully saturated rings. The lowest BCUT2D eigenvalue weighted by Crippen LogP contribution is -1.93. The Morgan fingerprint density at radius 1 is 1.46 bits per heavy atom. The van der Waals surface area contributed by atoms with Crippen molar-refractivity contribution < 1.29 is 9.18 Å². The van der Waals surface area contributed by atoms with Crippen LogP contribution in [0.15, 0.2) is 35.3 Å². The molecule has 0 saturated carbocycles. The minimum atomic E-state index is -0.418. The van der Waals surface area contributed by atoms with E-state index >= 15 is 0 Å². The zero-order chi connectivity index (χ0) is 9.68. The lowest BCUT2D eigenvalue weighted by atomic mass is 10.2. The Hall–Kier alpha value is -1.73. The molecule has 0 aliphatic heterocycles. The van der Waals surface area contributed by atoms with Crippen LogP contribution in [0.25, 0.3) is 0 Å². The number of hydrogen-bond acceptors (Lipinski definition) is 1. The highest BCUT2D eigenvalue weighted by atomic mass is 19.1. The maximum absolute atomic E-state index is 12.4. The van der Waals surface area contributed by atoms with E-state index in [0.717, 1.165) is 0 Å². The molecule has 3 heteroatoms. The van der Waals surface area contributed by atoms with Crippen molar-refractivity contribution in [3.63, 3.8) is 0 Å². The van der Waals surface area contributed by atoms with Crippen molar-refractivity contribution in [3.8, 4) is 0 Å². The van der Waals surface area contributed by atoms with Gasteiger partial charge < -0.3 is 0 Å². The van der Waals surface area contributed by atoms with E-state index in [1.807, 2.05) is 0 Å². The normalized spacial score (nSPS) is 8.77.